The summed E-state index contributed by atoms with van der Waals surface area (Å²) in [6, 6.07) is 11.4. The van der Waals surface area contributed by atoms with E-state index in [1.165, 1.54) is 4.68 Å². The van der Waals surface area contributed by atoms with Crippen LogP contribution in [0.15, 0.2) is 47.4 Å². The maximum atomic E-state index is 13.3. The predicted octanol–water partition coefficient (Wildman–Crippen LogP) is 1.96. The van der Waals surface area contributed by atoms with Crippen molar-refractivity contribution in [3.05, 3.63) is 64.6 Å². The molecule has 1 aliphatic heterocycles. The molecule has 29 heavy (non-hydrogen) atoms. The Morgan fingerprint density at radius 2 is 2.00 bits per heavy atom. The highest BCUT2D eigenvalue weighted by Crippen LogP contribution is 2.29. The normalized spacial score (nSPS) is 16.6. The van der Waals surface area contributed by atoms with Gasteiger partial charge in [0.25, 0.3) is 0 Å². The second-order valence-electron chi connectivity index (χ2n) is 7.01. The number of methoxy groups -OCH3 is 2. The molecule has 1 saturated heterocycles. The monoisotopic (exact) mass is 395 g/mol. The molecule has 1 atom stereocenters. The molecule has 1 aromatic carbocycles. The highest BCUT2D eigenvalue weighted by Gasteiger charge is 2.25. The first kappa shape index (κ1) is 19.2. The first-order valence-corrected chi connectivity index (χ1v) is 9.74. The average Bonchev–Trinajstić information content (AvgIpc) is 3.10. The standard InChI is InChI=1S/C21H25N5O3/c1-28-18-10-12-23-17(19(18)29-2)14-25-21(27)26(16-8-4-3-5-9-16)20(24-25)15-7-6-11-22-13-15/h3-5,8-10,12,15,22H,6-7,11,13-14H2,1-2H3/t15-/m0/s1. The molecule has 0 aliphatic carbocycles. The minimum atomic E-state index is -0.191. The van der Waals surface area contributed by atoms with E-state index in [-0.39, 0.29) is 18.2 Å². The number of ether oxygens (including phenoxy) is 2. The van der Waals surface area contributed by atoms with Crippen LogP contribution in [-0.4, -0.2) is 46.6 Å². The lowest BCUT2D eigenvalue weighted by molar-refractivity contribution is 0.347. The van der Waals surface area contributed by atoms with Gasteiger partial charge in [0, 0.05) is 24.7 Å². The van der Waals surface area contributed by atoms with E-state index >= 15 is 0 Å². The van der Waals surface area contributed by atoms with Crippen LogP contribution in [-0.2, 0) is 6.54 Å². The van der Waals surface area contributed by atoms with Crippen LogP contribution in [0.3, 0.4) is 0 Å². The summed E-state index contributed by atoms with van der Waals surface area (Å²) in [6.45, 7) is 2.01. The van der Waals surface area contributed by atoms with Crippen molar-refractivity contribution in [2.75, 3.05) is 27.3 Å². The van der Waals surface area contributed by atoms with Gasteiger partial charge in [-0.05, 0) is 31.5 Å². The molecule has 0 amide bonds. The van der Waals surface area contributed by atoms with Gasteiger partial charge in [0.05, 0.1) is 26.5 Å². The van der Waals surface area contributed by atoms with Gasteiger partial charge in [-0.2, -0.15) is 5.10 Å². The zero-order valence-electron chi connectivity index (χ0n) is 16.7. The molecule has 0 radical (unpaired) electrons. The molecule has 1 fully saturated rings. The number of para-hydroxylation sites is 1. The predicted molar refractivity (Wildman–Crippen MR) is 109 cm³/mol. The van der Waals surface area contributed by atoms with E-state index < -0.39 is 0 Å². The Bertz CT molecular complexity index is 1020. The Morgan fingerprint density at radius 1 is 1.17 bits per heavy atom. The molecule has 8 heteroatoms. The molecule has 3 aromatic rings. The van der Waals surface area contributed by atoms with Crippen LogP contribution >= 0.6 is 0 Å². The molecular formula is C21H25N5O3. The van der Waals surface area contributed by atoms with Crippen molar-refractivity contribution in [1.82, 2.24) is 24.6 Å². The van der Waals surface area contributed by atoms with Gasteiger partial charge in [-0.15, -0.1) is 0 Å². The number of piperidine rings is 1. The molecular weight excluding hydrogens is 370 g/mol. The van der Waals surface area contributed by atoms with E-state index in [1.54, 1.807) is 31.0 Å². The fourth-order valence-electron chi connectivity index (χ4n) is 3.79. The van der Waals surface area contributed by atoms with E-state index in [0.29, 0.717) is 17.2 Å². The summed E-state index contributed by atoms with van der Waals surface area (Å²) in [5, 5.41) is 8.14. The molecule has 152 valence electrons. The second kappa shape index (κ2) is 8.48. The molecule has 2 aromatic heterocycles. The Labute approximate surface area is 169 Å². The summed E-state index contributed by atoms with van der Waals surface area (Å²) in [4.78, 5) is 17.7. The van der Waals surface area contributed by atoms with Crippen LogP contribution < -0.4 is 20.5 Å². The van der Waals surface area contributed by atoms with Gasteiger partial charge in [0.2, 0.25) is 0 Å². The topological polar surface area (TPSA) is 83.2 Å². The number of nitrogens with zero attached hydrogens (tertiary/aromatic N) is 4. The van der Waals surface area contributed by atoms with E-state index in [2.05, 4.69) is 10.3 Å². The Morgan fingerprint density at radius 3 is 2.69 bits per heavy atom. The molecule has 0 bridgehead atoms. The minimum Gasteiger partial charge on any atom is -0.493 e. The largest absolute Gasteiger partial charge is 0.493 e. The SMILES string of the molecule is COc1ccnc(Cn2nc([C@H]3CCCNC3)n(-c3ccccc3)c2=O)c1OC. The second-order valence-corrected chi connectivity index (χ2v) is 7.01. The van der Waals surface area contributed by atoms with Gasteiger partial charge in [-0.3, -0.25) is 4.98 Å². The first-order valence-electron chi connectivity index (χ1n) is 9.74. The summed E-state index contributed by atoms with van der Waals surface area (Å²) in [5.41, 5.74) is 1.22. The third kappa shape index (κ3) is 3.75. The van der Waals surface area contributed by atoms with Crippen molar-refractivity contribution in [2.24, 2.45) is 0 Å². The van der Waals surface area contributed by atoms with Crippen LogP contribution in [0, 0.1) is 0 Å². The lowest BCUT2D eigenvalue weighted by Gasteiger charge is -2.22. The number of pyridine rings is 1. The fraction of sp³-hybridized carbons (Fsp3) is 0.381. The molecule has 0 spiro atoms. The van der Waals surface area contributed by atoms with Crippen molar-refractivity contribution >= 4 is 0 Å². The third-order valence-electron chi connectivity index (χ3n) is 5.21. The third-order valence-corrected chi connectivity index (χ3v) is 5.21. The summed E-state index contributed by atoms with van der Waals surface area (Å²) in [6.07, 6.45) is 3.70. The number of aromatic nitrogens is 4. The first-order chi connectivity index (χ1) is 14.2. The summed E-state index contributed by atoms with van der Waals surface area (Å²) < 4.78 is 14.0. The maximum Gasteiger partial charge on any atom is 0.350 e. The van der Waals surface area contributed by atoms with E-state index in [1.807, 2.05) is 30.3 Å². The van der Waals surface area contributed by atoms with Gasteiger partial charge in [0.15, 0.2) is 11.5 Å². The zero-order chi connectivity index (χ0) is 20.2. The van der Waals surface area contributed by atoms with E-state index in [4.69, 9.17) is 14.6 Å². The van der Waals surface area contributed by atoms with Crippen molar-refractivity contribution in [1.29, 1.82) is 0 Å². The smallest absolute Gasteiger partial charge is 0.350 e. The lowest BCUT2D eigenvalue weighted by Crippen LogP contribution is -2.31. The molecule has 1 aliphatic rings. The van der Waals surface area contributed by atoms with Crippen LogP contribution in [0.5, 0.6) is 11.5 Å². The average molecular weight is 395 g/mol. The van der Waals surface area contributed by atoms with Gasteiger partial charge in [-0.25, -0.2) is 14.0 Å². The van der Waals surface area contributed by atoms with Gasteiger partial charge < -0.3 is 14.8 Å². The van der Waals surface area contributed by atoms with E-state index in [9.17, 15) is 4.79 Å². The van der Waals surface area contributed by atoms with Crippen LogP contribution in [0.25, 0.3) is 5.69 Å². The number of rotatable bonds is 6. The lowest BCUT2D eigenvalue weighted by atomic mass is 9.99. The molecule has 1 N–H and O–H groups in total. The Balaban J connectivity index is 1.79. The number of benzene rings is 1. The van der Waals surface area contributed by atoms with Gasteiger partial charge >= 0.3 is 5.69 Å². The van der Waals surface area contributed by atoms with Crippen molar-refractivity contribution in [2.45, 2.75) is 25.3 Å². The number of hydrogen-bond donors (Lipinski definition) is 1. The van der Waals surface area contributed by atoms with Crippen molar-refractivity contribution < 1.29 is 9.47 Å². The van der Waals surface area contributed by atoms with Crippen LogP contribution in [0.1, 0.15) is 30.3 Å². The molecule has 0 unspecified atom stereocenters. The maximum absolute atomic E-state index is 13.3. The number of hydrogen-bond acceptors (Lipinski definition) is 6. The highest BCUT2D eigenvalue weighted by atomic mass is 16.5. The van der Waals surface area contributed by atoms with Crippen molar-refractivity contribution in [3.63, 3.8) is 0 Å². The van der Waals surface area contributed by atoms with Gasteiger partial charge in [-0.1, -0.05) is 18.2 Å². The van der Waals surface area contributed by atoms with Crippen LogP contribution in [0.4, 0.5) is 0 Å². The Hall–Kier alpha value is -3.13. The summed E-state index contributed by atoms with van der Waals surface area (Å²) in [5.74, 6) is 2.04. The molecule has 0 saturated carbocycles. The van der Waals surface area contributed by atoms with Gasteiger partial charge in [0.1, 0.15) is 11.5 Å². The molecule has 4 rings (SSSR count). The Kier molecular flexibility index (Phi) is 5.62. The number of nitrogens with one attached hydrogen (secondary N) is 1. The van der Waals surface area contributed by atoms with Crippen molar-refractivity contribution in [3.8, 4) is 17.2 Å². The minimum absolute atomic E-state index is 0.179. The quantitative estimate of drug-likeness (QED) is 0.687. The zero-order valence-corrected chi connectivity index (χ0v) is 16.7. The fourth-order valence-corrected chi connectivity index (χ4v) is 3.79. The summed E-state index contributed by atoms with van der Waals surface area (Å²) in [7, 11) is 3.14. The molecule has 8 nitrogen and oxygen atoms in total. The van der Waals surface area contributed by atoms with Crippen LogP contribution in [0.2, 0.25) is 0 Å². The van der Waals surface area contributed by atoms with E-state index in [0.717, 1.165) is 37.4 Å². The molecule has 3 heterocycles. The summed E-state index contributed by atoms with van der Waals surface area (Å²) >= 11 is 0. The highest BCUT2D eigenvalue weighted by molar-refractivity contribution is 5.42.